The molecular weight excluding hydrogens is 467 g/mol. The molecule has 1 aliphatic rings. The fraction of sp³-hybridized carbons (Fsp3) is 0.227. The number of H-pyrrole nitrogens is 1. The minimum atomic E-state index is -0.838. The minimum absolute atomic E-state index is 0.355. The van der Waals surface area contributed by atoms with E-state index in [1.165, 1.54) is 12.4 Å². The number of aromatic amines is 1. The van der Waals surface area contributed by atoms with Gasteiger partial charge in [-0.05, 0) is 30.3 Å². The number of fused-ring (bicyclic) bond motifs is 1. The molecule has 3 aromatic heterocycles. The summed E-state index contributed by atoms with van der Waals surface area (Å²) in [5.74, 6) is 3.84. The van der Waals surface area contributed by atoms with Crippen molar-refractivity contribution in [1.82, 2.24) is 20.2 Å². The summed E-state index contributed by atoms with van der Waals surface area (Å²) in [6.07, 6.45) is 4.00. The van der Waals surface area contributed by atoms with E-state index in [1.54, 1.807) is 0 Å². The number of nitrogens with zero attached hydrogens (tertiary/aromatic N) is 4. The number of thioether (sulfide) groups is 1. The maximum Gasteiger partial charge on any atom is 0.177 e. The second kappa shape index (κ2) is 9.15. The third kappa shape index (κ3) is 4.23. The van der Waals surface area contributed by atoms with Crippen LogP contribution in [0.3, 0.4) is 0 Å². The molecule has 1 atom stereocenters. The fourth-order valence-corrected chi connectivity index (χ4v) is 5.17. The molecule has 5 rings (SSSR count). The number of hydrogen-bond donors (Lipinski definition) is 2. The Labute approximate surface area is 199 Å². The summed E-state index contributed by atoms with van der Waals surface area (Å²) in [5.41, 5.74) is 9.33. The zero-order chi connectivity index (χ0) is 22.1. The molecule has 1 aromatic carbocycles. The topological polar surface area (TPSA) is 93.0 Å². The van der Waals surface area contributed by atoms with Gasteiger partial charge in [-0.2, -0.15) is 16.9 Å². The molecule has 4 aromatic rings. The number of anilines is 1. The predicted octanol–water partition coefficient (Wildman–Crippen LogP) is 4.92. The lowest BCUT2D eigenvalue weighted by Gasteiger charge is -2.27. The first-order valence-corrected chi connectivity index (χ1v) is 12.0. The van der Waals surface area contributed by atoms with Gasteiger partial charge in [0.15, 0.2) is 6.23 Å². The Morgan fingerprint density at radius 2 is 1.84 bits per heavy atom. The van der Waals surface area contributed by atoms with Crippen molar-refractivity contribution in [3.8, 4) is 17.0 Å². The Bertz CT molecular complexity index is 1220. The minimum Gasteiger partial charge on any atom is -0.471 e. The van der Waals surface area contributed by atoms with Gasteiger partial charge in [0.25, 0.3) is 0 Å². The average Bonchev–Trinajstić information content (AvgIpc) is 3.23. The highest BCUT2D eigenvalue weighted by molar-refractivity contribution is 7.99. The largest absolute Gasteiger partial charge is 0.471 e. The van der Waals surface area contributed by atoms with Gasteiger partial charge in [0.05, 0.1) is 15.6 Å². The summed E-state index contributed by atoms with van der Waals surface area (Å²) in [4.78, 5) is 10.9. The highest BCUT2D eigenvalue weighted by Gasteiger charge is 2.18. The quantitative estimate of drug-likeness (QED) is 0.386. The van der Waals surface area contributed by atoms with Crippen LogP contribution in [-0.4, -0.2) is 44.8 Å². The van der Waals surface area contributed by atoms with Gasteiger partial charge in [0, 0.05) is 59.7 Å². The molecule has 7 nitrogen and oxygen atoms in total. The van der Waals surface area contributed by atoms with Crippen LogP contribution in [0, 0.1) is 0 Å². The van der Waals surface area contributed by atoms with Gasteiger partial charge in [-0.25, -0.2) is 4.98 Å². The van der Waals surface area contributed by atoms with E-state index < -0.39 is 6.23 Å². The molecule has 0 amide bonds. The van der Waals surface area contributed by atoms with Gasteiger partial charge in [-0.3, -0.25) is 15.8 Å². The molecule has 0 unspecified atom stereocenters. The summed E-state index contributed by atoms with van der Waals surface area (Å²) < 4.78 is 5.94. The second-order valence-electron chi connectivity index (χ2n) is 7.34. The number of benzene rings is 1. The van der Waals surface area contributed by atoms with Crippen molar-refractivity contribution >= 4 is 51.7 Å². The summed E-state index contributed by atoms with van der Waals surface area (Å²) in [7, 11) is 0. The SMILES string of the molecule is N[C@@H](Oc1ccc2[nH]nc(-c3ccc(N4CCSCC4)nc3)c2c1)c1c(Cl)cncc1Cl. The van der Waals surface area contributed by atoms with E-state index in [9.17, 15) is 0 Å². The van der Waals surface area contributed by atoms with Crippen LogP contribution < -0.4 is 15.4 Å². The first-order chi connectivity index (χ1) is 15.6. The van der Waals surface area contributed by atoms with Gasteiger partial charge in [-0.1, -0.05) is 23.2 Å². The number of hydrogen-bond acceptors (Lipinski definition) is 7. The molecule has 0 bridgehead atoms. The van der Waals surface area contributed by atoms with Gasteiger partial charge < -0.3 is 9.64 Å². The molecule has 1 fully saturated rings. The summed E-state index contributed by atoms with van der Waals surface area (Å²) >= 11 is 14.4. The van der Waals surface area contributed by atoms with Crippen molar-refractivity contribution in [2.45, 2.75) is 6.23 Å². The molecule has 3 N–H and O–H groups in total. The average molecular weight is 487 g/mol. The van der Waals surface area contributed by atoms with Crippen LogP contribution in [0.1, 0.15) is 11.8 Å². The lowest BCUT2D eigenvalue weighted by Crippen LogP contribution is -2.32. The van der Waals surface area contributed by atoms with E-state index in [2.05, 4.69) is 37.2 Å². The number of ether oxygens (including phenoxy) is 1. The second-order valence-corrected chi connectivity index (χ2v) is 9.38. The molecule has 0 radical (unpaired) electrons. The van der Waals surface area contributed by atoms with Gasteiger partial charge in [0.2, 0.25) is 0 Å². The summed E-state index contributed by atoms with van der Waals surface area (Å²) in [6, 6.07) is 9.72. The molecule has 4 heterocycles. The molecule has 0 saturated carbocycles. The van der Waals surface area contributed by atoms with Crippen LogP contribution in [0.4, 0.5) is 5.82 Å². The molecule has 1 aliphatic heterocycles. The van der Waals surface area contributed by atoms with Gasteiger partial charge >= 0.3 is 0 Å². The smallest absolute Gasteiger partial charge is 0.177 e. The number of aromatic nitrogens is 4. The third-order valence-electron chi connectivity index (χ3n) is 5.33. The number of halogens is 2. The van der Waals surface area contributed by atoms with Gasteiger partial charge in [0.1, 0.15) is 17.3 Å². The van der Waals surface area contributed by atoms with E-state index in [4.69, 9.17) is 33.7 Å². The monoisotopic (exact) mass is 486 g/mol. The third-order valence-corrected chi connectivity index (χ3v) is 6.87. The Morgan fingerprint density at radius 1 is 1.06 bits per heavy atom. The first-order valence-electron chi connectivity index (χ1n) is 10.1. The predicted molar refractivity (Wildman–Crippen MR) is 131 cm³/mol. The van der Waals surface area contributed by atoms with Crippen molar-refractivity contribution in [3.63, 3.8) is 0 Å². The number of rotatable bonds is 5. The zero-order valence-electron chi connectivity index (χ0n) is 17.0. The van der Waals surface area contributed by atoms with E-state index >= 15 is 0 Å². The normalized spacial score (nSPS) is 15.2. The highest BCUT2D eigenvalue weighted by Crippen LogP contribution is 2.33. The summed E-state index contributed by atoms with van der Waals surface area (Å²) in [6.45, 7) is 2.05. The van der Waals surface area contributed by atoms with Crippen molar-refractivity contribution < 1.29 is 4.74 Å². The van der Waals surface area contributed by atoms with E-state index in [1.807, 2.05) is 36.2 Å². The lowest BCUT2D eigenvalue weighted by molar-refractivity contribution is 0.214. The van der Waals surface area contributed by atoms with Gasteiger partial charge in [-0.15, -0.1) is 0 Å². The Morgan fingerprint density at radius 3 is 2.56 bits per heavy atom. The fourth-order valence-electron chi connectivity index (χ4n) is 3.69. The first kappa shape index (κ1) is 21.3. The molecule has 32 heavy (non-hydrogen) atoms. The number of nitrogens with two attached hydrogens (primary N) is 1. The lowest BCUT2D eigenvalue weighted by atomic mass is 10.1. The van der Waals surface area contributed by atoms with Crippen LogP contribution in [0.15, 0.2) is 48.9 Å². The van der Waals surface area contributed by atoms with Crippen molar-refractivity contribution in [1.29, 1.82) is 0 Å². The molecule has 164 valence electrons. The number of nitrogens with one attached hydrogen (secondary N) is 1. The van der Waals surface area contributed by atoms with Crippen molar-refractivity contribution in [3.05, 3.63) is 64.5 Å². The van der Waals surface area contributed by atoms with E-state index in [0.717, 1.165) is 52.6 Å². The molecule has 1 saturated heterocycles. The Kier molecular flexibility index (Phi) is 6.10. The van der Waals surface area contributed by atoms with Crippen LogP contribution in [0.2, 0.25) is 10.0 Å². The molecule has 0 aliphatic carbocycles. The van der Waals surface area contributed by atoms with Crippen LogP contribution in [-0.2, 0) is 0 Å². The standard InChI is InChI=1S/C22H20Cl2N6OS/c23-16-11-26-12-17(24)20(16)22(25)31-14-2-3-18-15(9-14)21(29-28-18)13-1-4-19(27-10-13)30-5-7-32-8-6-30/h1-4,9-12,22H,5-8,25H2,(H,28,29)/t22-/m0/s1. The molecule has 0 spiro atoms. The van der Waals surface area contributed by atoms with Crippen LogP contribution in [0.5, 0.6) is 5.75 Å². The van der Waals surface area contributed by atoms with E-state index in [0.29, 0.717) is 21.4 Å². The highest BCUT2D eigenvalue weighted by atomic mass is 35.5. The maximum atomic E-state index is 6.23. The summed E-state index contributed by atoms with van der Waals surface area (Å²) in [5, 5.41) is 9.18. The Balaban J connectivity index is 1.41. The van der Waals surface area contributed by atoms with Crippen molar-refractivity contribution in [2.75, 3.05) is 29.5 Å². The Hall–Kier alpha value is -2.52. The van der Waals surface area contributed by atoms with Crippen LogP contribution >= 0.6 is 35.0 Å². The number of pyridine rings is 2. The van der Waals surface area contributed by atoms with Crippen molar-refractivity contribution in [2.24, 2.45) is 5.73 Å². The maximum absolute atomic E-state index is 6.23. The van der Waals surface area contributed by atoms with Crippen LogP contribution in [0.25, 0.3) is 22.2 Å². The zero-order valence-corrected chi connectivity index (χ0v) is 19.3. The molecule has 10 heteroatoms. The molecular formula is C22H20Cl2N6OS. The van der Waals surface area contributed by atoms with E-state index in [-0.39, 0.29) is 0 Å².